The Kier molecular flexibility index (Phi) is 2.93. The average molecular weight is 288 g/mol. The Morgan fingerprint density at radius 1 is 1.25 bits per heavy atom. The van der Waals surface area contributed by atoms with Crippen LogP contribution in [-0.4, -0.2) is 29.1 Å². The molecule has 2 aliphatic rings. The number of anilines is 1. The van der Waals surface area contributed by atoms with Crippen molar-refractivity contribution in [2.24, 2.45) is 5.73 Å². The highest BCUT2D eigenvalue weighted by molar-refractivity contribution is 7.18. The van der Waals surface area contributed by atoms with E-state index in [0.717, 1.165) is 29.4 Å². The largest absolute Gasteiger partial charge is 0.356 e. The quantitative estimate of drug-likeness (QED) is 0.943. The summed E-state index contributed by atoms with van der Waals surface area (Å²) in [6.07, 6.45) is 7.74. The van der Waals surface area contributed by atoms with Crippen molar-refractivity contribution in [3.05, 3.63) is 17.3 Å². The molecular formula is C15H20N4S. The van der Waals surface area contributed by atoms with E-state index in [1.807, 2.05) is 11.3 Å². The van der Waals surface area contributed by atoms with E-state index in [1.165, 1.54) is 29.5 Å². The molecule has 0 bridgehead atoms. The van der Waals surface area contributed by atoms with Crippen LogP contribution in [0.5, 0.6) is 0 Å². The second-order valence-electron chi connectivity index (χ2n) is 6.18. The summed E-state index contributed by atoms with van der Waals surface area (Å²) in [5, 5.41) is 1.22. The molecule has 20 heavy (non-hydrogen) atoms. The van der Waals surface area contributed by atoms with Gasteiger partial charge in [0.2, 0.25) is 0 Å². The molecule has 2 aromatic rings. The maximum atomic E-state index is 6.05. The van der Waals surface area contributed by atoms with Crippen molar-refractivity contribution in [2.75, 3.05) is 11.9 Å². The topological polar surface area (TPSA) is 55.0 Å². The Balaban J connectivity index is 1.71. The fourth-order valence-corrected chi connectivity index (χ4v) is 4.39. The molecule has 2 atom stereocenters. The average Bonchev–Trinajstić information content (AvgIpc) is 3.06. The summed E-state index contributed by atoms with van der Waals surface area (Å²) in [7, 11) is 2.15. The Hall–Kier alpha value is -1.20. The molecule has 2 heterocycles. The van der Waals surface area contributed by atoms with Gasteiger partial charge in [0.25, 0.3) is 0 Å². The van der Waals surface area contributed by atoms with Crippen LogP contribution in [0.3, 0.4) is 0 Å². The summed E-state index contributed by atoms with van der Waals surface area (Å²) in [5.41, 5.74) is 6.05. The summed E-state index contributed by atoms with van der Waals surface area (Å²) in [5.74, 6) is 1.87. The SMILES string of the molecule is CN(c1ncnc2sc(C3CC3)cc12)[C@@H]1CC[C@H](N)C1. The van der Waals surface area contributed by atoms with Gasteiger partial charge in [0.1, 0.15) is 17.0 Å². The number of fused-ring (bicyclic) bond motifs is 1. The first-order valence-corrected chi connectivity index (χ1v) is 8.27. The zero-order chi connectivity index (χ0) is 13.7. The molecule has 0 unspecified atom stereocenters. The Morgan fingerprint density at radius 3 is 2.80 bits per heavy atom. The lowest BCUT2D eigenvalue weighted by molar-refractivity contribution is 0.628. The fourth-order valence-electron chi connectivity index (χ4n) is 3.23. The van der Waals surface area contributed by atoms with Crippen molar-refractivity contribution < 1.29 is 0 Å². The first kappa shape index (κ1) is 12.5. The maximum absolute atomic E-state index is 6.05. The number of hydrogen-bond acceptors (Lipinski definition) is 5. The number of hydrogen-bond donors (Lipinski definition) is 1. The van der Waals surface area contributed by atoms with Crippen molar-refractivity contribution in [1.82, 2.24) is 9.97 Å². The van der Waals surface area contributed by atoms with Gasteiger partial charge in [-0.3, -0.25) is 0 Å². The van der Waals surface area contributed by atoms with E-state index in [2.05, 4.69) is 28.0 Å². The highest BCUT2D eigenvalue weighted by Crippen LogP contribution is 2.45. The molecule has 5 heteroatoms. The minimum atomic E-state index is 0.351. The molecule has 4 nitrogen and oxygen atoms in total. The molecular weight excluding hydrogens is 268 g/mol. The molecule has 106 valence electrons. The van der Waals surface area contributed by atoms with Crippen molar-refractivity contribution in [3.8, 4) is 0 Å². The van der Waals surface area contributed by atoms with E-state index in [4.69, 9.17) is 5.73 Å². The van der Waals surface area contributed by atoms with Crippen LogP contribution in [0.1, 0.15) is 42.9 Å². The van der Waals surface area contributed by atoms with E-state index >= 15 is 0 Å². The van der Waals surface area contributed by atoms with E-state index in [9.17, 15) is 0 Å². The third-order valence-electron chi connectivity index (χ3n) is 4.63. The lowest BCUT2D eigenvalue weighted by atomic mass is 10.2. The highest BCUT2D eigenvalue weighted by Gasteiger charge is 2.29. The molecule has 0 spiro atoms. The van der Waals surface area contributed by atoms with Gasteiger partial charge in [0.05, 0.1) is 5.39 Å². The zero-order valence-electron chi connectivity index (χ0n) is 11.7. The van der Waals surface area contributed by atoms with Crippen LogP contribution < -0.4 is 10.6 Å². The maximum Gasteiger partial charge on any atom is 0.140 e. The van der Waals surface area contributed by atoms with Crippen LogP contribution in [0.25, 0.3) is 10.2 Å². The van der Waals surface area contributed by atoms with Crippen molar-refractivity contribution >= 4 is 27.4 Å². The molecule has 2 aliphatic carbocycles. The monoisotopic (exact) mass is 288 g/mol. The van der Waals surface area contributed by atoms with Crippen LogP contribution in [0.15, 0.2) is 12.4 Å². The van der Waals surface area contributed by atoms with Crippen LogP contribution in [0.2, 0.25) is 0 Å². The van der Waals surface area contributed by atoms with E-state index in [0.29, 0.717) is 12.1 Å². The number of thiophene rings is 1. The van der Waals surface area contributed by atoms with Crippen molar-refractivity contribution in [3.63, 3.8) is 0 Å². The molecule has 2 N–H and O–H groups in total. The standard InChI is InChI=1S/C15H20N4S/c1-19(11-5-4-10(16)6-11)14-12-7-13(9-2-3-9)20-15(12)18-8-17-14/h7-11H,2-6,16H2,1H3/t10-,11+/m0/s1. The molecule has 0 aromatic carbocycles. The second kappa shape index (κ2) is 4.67. The minimum Gasteiger partial charge on any atom is -0.356 e. The van der Waals surface area contributed by atoms with Gasteiger partial charge in [0, 0.05) is 24.0 Å². The lowest BCUT2D eigenvalue weighted by Gasteiger charge is -2.25. The van der Waals surface area contributed by atoms with Gasteiger partial charge in [-0.05, 0) is 44.1 Å². The lowest BCUT2D eigenvalue weighted by Crippen LogP contribution is -2.31. The van der Waals surface area contributed by atoms with Crippen molar-refractivity contribution in [1.29, 1.82) is 0 Å². The molecule has 0 radical (unpaired) electrons. The summed E-state index contributed by atoms with van der Waals surface area (Å²) in [6, 6.07) is 3.19. The molecule has 4 rings (SSSR count). The van der Waals surface area contributed by atoms with Crippen LogP contribution in [0.4, 0.5) is 5.82 Å². The summed E-state index contributed by atoms with van der Waals surface area (Å²) in [6.45, 7) is 0. The van der Waals surface area contributed by atoms with Crippen LogP contribution in [-0.2, 0) is 0 Å². The molecule has 0 amide bonds. The number of rotatable bonds is 3. The van der Waals surface area contributed by atoms with Gasteiger partial charge in [-0.25, -0.2) is 9.97 Å². The molecule has 2 aromatic heterocycles. The minimum absolute atomic E-state index is 0.351. The first-order valence-electron chi connectivity index (χ1n) is 7.45. The molecule has 0 aliphatic heterocycles. The number of aromatic nitrogens is 2. The Bertz CT molecular complexity index is 634. The van der Waals surface area contributed by atoms with Gasteiger partial charge < -0.3 is 10.6 Å². The van der Waals surface area contributed by atoms with Gasteiger partial charge in [0.15, 0.2) is 0 Å². The fraction of sp³-hybridized carbons (Fsp3) is 0.600. The van der Waals surface area contributed by atoms with Crippen molar-refractivity contribution in [2.45, 2.75) is 50.1 Å². The van der Waals surface area contributed by atoms with Gasteiger partial charge in [-0.1, -0.05) is 0 Å². The van der Waals surface area contributed by atoms with Gasteiger partial charge >= 0.3 is 0 Å². The second-order valence-corrected chi connectivity index (χ2v) is 7.24. The summed E-state index contributed by atoms with van der Waals surface area (Å²) < 4.78 is 0. The van der Waals surface area contributed by atoms with Crippen LogP contribution >= 0.6 is 11.3 Å². The van der Waals surface area contributed by atoms with Gasteiger partial charge in [-0.2, -0.15) is 0 Å². The van der Waals surface area contributed by atoms with E-state index in [-0.39, 0.29) is 0 Å². The Morgan fingerprint density at radius 2 is 2.10 bits per heavy atom. The molecule has 2 saturated carbocycles. The normalized spacial score (nSPS) is 26.3. The predicted molar refractivity (Wildman–Crippen MR) is 83.4 cm³/mol. The van der Waals surface area contributed by atoms with E-state index in [1.54, 1.807) is 6.33 Å². The zero-order valence-corrected chi connectivity index (χ0v) is 12.6. The van der Waals surface area contributed by atoms with Crippen LogP contribution in [0, 0.1) is 0 Å². The third kappa shape index (κ3) is 2.09. The predicted octanol–water partition coefficient (Wildman–Crippen LogP) is 2.88. The number of nitrogens with zero attached hydrogens (tertiary/aromatic N) is 3. The highest BCUT2D eigenvalue weighted by atomic mass is 32.1. The third-order valence-corrected chi connectivity index (χ3v) is 5.84. The molecule has 2 fully saturated rings. The summed E-state index contributed by atoms with van der Waals surface area (Å²) >= 11 is 1.84. The molecule has 0 saturated heterocycles. The smallest absolute Gasteiger partial charge is 0.140 e. The van der Waals surface area contributed by atoms with E-state index < -0.39 is 0 Å². The Labute approximate surface area is 123 Å². The number of nitrogens with two attached hydrogens (primary N) is 1. The summed E-state index contributed by atoms with van der Waals surface area (Å²) in [4.78, 5) is 13.9. The first-order chi connectivity index (χ1) is 9.72. The van der Waals surface area contributed by atoms with Gasteiger partial charge in [-0.15, -0.1) is 11.3 Å².